The van der Waals surface area contributed by atoms with Gasteiger partial charge in [-0.05, 0) is 42.5 Å². The molecule has 20 heavy (non-hydrogen) atoms. The maximum absolute atomic E-state index is 12.4. The second-order valence-corrected chi connectivity index (χ2v) is 6.25. The third-order valence-electron chi connectivity index (χ3n) is 4.16. The number of amides is 1. The maximum Gasteiger partial charge on any atom is 0.307 e. The highest BCUT2D eigenvalue weighted by molar-refractivity contribution is 9.10. The predicted octanol–water partition coefficient (Wildman–Crippen LogP) is 2.91. The van der Waals surface area contributed by atoms with Gasteiger partial charge in [-0.15, -0.1) is 0 Å². The maximum atomic E-state index is 12.4. The van der Waals surface area contributed by atoms with E-state index in [9.17, 15) is 14.7 Å². The van der Waals surface area contributed by atoms with E-state index in [0.717, 1.165) is 10.9 Å². The topological polar surface area (TPSA) is 66.4 Å². The fraction of sp³-hybridized carbons (Fsp3) is 0.333. The molecular formula is C15H14BrNO3. The van der Waals surface area contributed by atoms with Crippen LogP contribution in [0.1, 0.15) is 6.42 Å². The Morgan fingerprint density at radius 3 is 2.30 bits per heavy atom. The number of fused-ring (bicyclic) bond motifs is 2. The Labute approximate surface area is 125 Å². The number of hydrogen-bond donors (Lipinski definition) is 2. The lowest BCUT2D eigenvalue weighted by Crippen LogP contribution is -2.36. The molecule has 1 saturated carbocycles. The fourth-order valence-electron chi connectivity index (χ4n) is 3.28. The monoisotopic (exact) mass is 335 g/mol. The number of hydrogen-bond acceptors (Lipinski definition) is 2. The molecule has 0 saturated heterocycles. The van der Waals surface area contributed by atoms with Crippen LogP contribution in [0.3, 0.4) is 0 Å². The van der Waals surface area contributed by atoms with Gasteiger partial charge in [-0.3, -0.25) is 9.59 Å². The van der Waals surface area contributed by atoms with Crippen molar-refractivity contribution in [1.82, 2.24) is 0 Å². The van der Waals surface area contributed by atoms with Crippen LogP contribution in [0.25, 0.3) is 0 Å². The number of carboxylic acids is 1. The number of aliphatic carboxylic acids is 1. The number of nitrogens with one attached hydrogen (secondary N) is 1. The zero-order valence-electron chi connectivity index (χ0n) is 10.6. The number of allylic oxidation sites excluding steroid dienone is 2. The molecule has 1 fully saturated rings. The van der Waals surface area contributed by atoms with Crippen molar-refractivity contribution in [2.75, 3.05) is 5.32 Å². The average Bonchev–Trinajstić information content (AvgIpc) is 3.01. The van der Waals surface area contributed by atoms with Crippen molar-refractivity contribution >= 4 is 33.5 Å². The summed E-state index contributed by atoms with van der Waals surface area (Å²) in [5.74, 6) is -2.09. The second kappa shape index (κ2) is 5.05. The molecule has 5 heteroatoms. The number of carboxylic acid groups (broad SMARTS) is 1. The van der Waals surface area contributed by atoms with Crippen molar-refractivity contribution < 1.29 is 14.7 Å². The van der Waals surface area contributed by atoms with Gasteiger partial charge in [-0.2, -0.15) is 0 Å². The lowest BCUT2D eigenvalue weighted by Gasteiger charge is -2.23. The Balaban J connectivity index is 1.78. The molecule has 104 valence electrons. The Morgan fingerprint density at radius 1 is 1.10 bits per heavy atom. The molecule has 0 spiro atoms. The highest BCUT2D eigenvalue weighted by Crippen LogP contribution is 2.48. The van der Waals surface area contributed by atoms with E-state index in [-0.39, 0.29) is 17.7 Å². The van der Waals surface area contributed by atoms with E-state index < -0.39 is 17.8 Å². The zero-order chi connectivity index (χ0) is 14.3. The third-order valence-corrected chi connectivity index (χ3v) is 4.69. The first-order valence-corrected chi connectivity index (χ1v) is 7.33. The minimum absolute atomic E-state index is 0.00170. The number of benzene rings is 1. The third kappa shape index (κ3) is 2.26. The molecule has 0 aliphatic heterocycles. The molecule has 2 aliphatic rings. The summed E-state index contributed by atoms with van der Waals surface area (Å²) in [6.45, 7) is 0. The molecular weight excluding hydrogens is 322 g/mol. The van der Waals surface area contributed by atoms with E-state index in [2.05, 4.69) is 21.2 Å². The van der Waals surface area contributed by atoms with Crippen LogP contribution in [0.4, 0.5) is 5.69 Å². The molecule has 1 aromatic carbocycles. The Bertz CT molecular complexity index is 581. The summed E-state index contributed by atoms with van der Waals surface area (Å²) >= 11 is 3.33. The number of rotatable bonds is 3. The number of carbonyl (C=O) groups is 2. The highest BCUT2D eigenvalue weighted by atomic mass is 79.9. The van der Waals surface area contributed by atoms with E-state index in [1.807, 2.05) is 24.3 Å². The minimum Gasteiger partial charge on any atom is -0.481 e. The molecule has 0 radical (unpaired) electrons. The molecule has 3 rings (SSSR count). The van der Waals surface area contributed by atoms with E-state index in [4.69, 9.17) is 0 Å². The van der Waals surface area contributed by atoms with Crippen molar-refractivity contribution in [3.8, 4) is 0 Å². The lowest BCUT2D eigenvalue weighted by atomic mass is 9.82. The number of carbonyl (C=O) groups excluding carboxylic acids is 1. The molecule has 1 aromatic rings. The van der Waals surface area contributed by atoms with Gasteiger partial charge in [0, 0.05) is 10.2 Å². The fourth-order valence-corrected chi connectivity index (χ4v) is 3.54. The van der Waals surface area contributed by atoms with Crippen LogP contribution in [0.2, 0.25) is 0 Å². The second-order valence-electron chi connectivity index (χ2n) is 5.33. The SMILES string of the molecule is O=C(O)[C@H]1[C@H](C(=O)Nc2ccc(Br)cc2)[C@H]2C=C[C@H]1C2. The van der Waals surface area contributed by atoms with Crippen molar-refractivity contribution in [2.24, 2.45) is 23.7 Å². The summed E-state index contributed by atoms with van der Waals surface area (Å²) in [4.78, 5) is 23.8. The van der Waals surface area contributed by atoms with Gasteiger partial charge in [0.25, 0.3) is 0 Å². The molecule has 4 nitrogen and oxygen atoms in total. The summed E-state index contributed by atoms with van der Waals surface area (Å²) < 4.78 is 0.932. The van der Waals surface area contributed by atoms with Crippen molar-refractivity contribution in [2.45, 2.75) is 6.42 Å². The smallest absolute Gasteiger partial charge is 0.307 e. The van der Waals surface area contributed by atoms with Crippen LogP contribution in [0, 0.1) is 23.7 Å². The summed E-state index contributed by atoms with van der Waals surface area (Å²) in [6, 6.07) is 7.26. The van der Waals surface area contributed by atoms with Gasteiger partial charge in [0.15, 0.2) is 0 Å². The van der Waals surface area contributed by atoms with Crippen molar-refractivity contribution in [3.05, 3.63) is 40.9 Å². The molecule has 0 heterocycles. The Kier molecular flexibility index (Phi) is 3.38. The normalized spacial score (nSPS) is 30.4. The Hall–Kier alpha value is -1.62. The van der Waals surface area contributed by atoms with E-state index in [0.29, 0.717) is 5.69 Å². The van der Waals surface area contributed by atoms with Crippen LogP contribution in [-0.2, 0) is 9.59 Å². The first-order valence-electron chi connectivity index (χ1n) is 6.54. The van der Waals surface area contributed by atoms with Gasteiger partial charge in [0.2, 0.25) is 5.91 Å². The molecule has 1 amide bonds. The largest absolute Gasteiger partial charge is 0.481 e. The molecule has 2 bridgehead atoms. The van der Waals surface area contributed by atoms with E-state index in [1.54, 1.807) is 12.1 Å². The summed E-state index contributed by atoms with van der Waals surface area (Å²) in [5, 5.41) is 12.2. The highest BCUT2D eigenvalue weighted by Gasteiger charge is 2.51. The summed E-state index contributed by atoms with van der Waals surface area (Å²) in [6.07, 6.45) is 4.69. The first-order chi connectivity index (χ1) is 9.56. The van der Waals surface area contributed by atoms with Gasteiger partial charge in [0.1, 0.15) is 0 Å². The zero-order valence-corrected chi connectivity index (χ0v) is 12.2. The number of halogens is 1. The van der Waals surface area contributed by atoms with E-state index in [1.165, 1.54) is 0 Å². The van der Waals surface area contributed by atoms with Crippen LogP contribution >= 0.6 is 15.9 Å². The van der Waals surface area contributed by atoms with Crippen LogP contribution < -0.4 is 5.32 Å². The van der Waals surface area contributed by atoms with Gasteiger partial charge < -0.3 is 10.4 Å². The van der Waals surface area contributed by atoms with Crippen LogP contribution in [0.15, 0.2) is 40.9 Å². The van der Waals surface area contributed by atoms with Gasteiger partial charge >= 0.3 is 5.97 Å². The first kappa shape index (κ1) is 13.4. The predicted molar refractivity (Wildman–Crippen MR) is 78.1 cm³/mol. The van der Waals surface area contributed by atoms with Crippen LogP contribution in [-0.4, -0.2) is 17.0 Å². The molecule has 0 unspecified atom stereocenters. The molecule has 2 N–H and O–H groups in total. The van der Waals surface area contributed by atoms with Gasteiger partial charge in [-0.25, -0.2) is 0 Å². The Morgan fingerprint density at radius 2 is 1.70 bits per heavy atom. The molecule has 0 aromatic heterocycles. The van der Waals surface area contributed by atoms with Crippen molar-refractivity contribution in [1.29, 1.82) is 0 Å². The van der Waals surface area contributed by atoms with Crippen molar-refractivity contribution in [3.63, 3.8) is 0 Å². The molecule has 4 atom stereocenters. The van der Waals surface area contributed by atoms with Gasteiger partial charge in [0.05, 0.1) is 11.8 Å². The summed E-state index contributed by atoms with van der Waals surface area (Å²) in [5.41, 5.74) is 0.689. The average molecular weight is 336 g/mol. The standard InChI is InChI=1S/C15H14BrNO3/c16-10-3-5-11(6-4-10)17-14(18)12-8-1-2-9(7-8)13(12)15(19)20/h1-6,8-9,12-13H,7H2,(H,17,18)(H,19,20)/t8-,9-,12+,13+/m0/s1. The lowest BCUT2D eigenvalue weighted by molar-refractivity contribution is -0.146. The quantitative estimate of drug-likeness (QED) is 0.834. The molecule has 2 aliphatic carbocycles. The van der Waals surface area contributed by atoms with Crippen LogP contribution in [0.5, 0.6) is 0 Å². The number of anilines is 1. The summed E-state index contributed by atoms with van der Waals surface area (Å²) in [7, 11) is 0. The van der Waals surface area contributed by atoms with E-state index >= 15 is 0 Å². The minimum atomic E-state index is -0.877. The van der Waals surface area contributed by atoms with Gasteiger partial charge in [-0.1, -0.05) is 28.1 Å².